The predicted octanol–water partition coefficient (Wildman–Crippen LogP) is 2.97. The molecule has 0 aliphatic carbocycles. The first-order valence-electron chi connectivity index (χ1n) is 7.78. The zero-order valence-corrected chi connectivity index (χ0v) is 12.6. The molecule has 1 fully saturated rings. The Morgan fingerprint density at radius 1 is 1.09 bits per heavy atom. The topological polar surface area (TPSA) is 45.2 Å². The number of benzene rings is 1. The molecule has 2 aromatic rings. The Morgan fingerprint density at radius 3 is 2.59 bits per heavy atom. The standard InChI is InChI=1S/C18H21N3O/c22-14-17-7-4-8-18(20-17)19-16-9-11-21(12-10-16)13-15-5-2-1-3-6-15/h1-8,14,16H,9-13H2,(H,19,20). The number of carbonyl (C=O) groups excluding carboxylic acids is 1. The lowest BCUT2D eigenvalue weighted by Crippen LogP contribution is -2.38. The number of hydrogen-bond donors (Lipinski definition) is 1. The Kier molecular flexibility index (Phi) is 4.81. The maximum absolute atomic E-state index is 10.8. The van der Waals surface area contributed by atoms with Crippen molar-refractivity contribution < 1.29 is 4.79 Å². The molecule has 2 heterocycles. The molecule has 1 aliphatic rings. The van der Waals surface area contributed by atoms with Gasteiger partial charge in [0.15, 0.2) is 6.29 Å². The van der Waals surface area contributed by atoms with Crippen molar-refractivity contribution in [1.82, 2.24) is 9.88 Å². The number of carbonyl (C=O) groups is 1. The van der Waals surface area contributed by atoms with Crippen LogP contribution >= 0.6 is 0 Å². The molecule has 1 aromatic heterocycles. The highest BCUT2D eigenvalue weighted by molar-refractivity contribution is 5.72. The fraction of sp³-hybridized carbons (Fsp3) is 0.333. The van der Waals surface area contributed by atoms with Crippen LogP contribution in [0.5, 0.6) is 0 Å². The third-order valence-corrected chi connectivity index (χ3v) is 4.08. The van der Waals surface area contributed by atoms with E-state index in [0.29, 0.717) is 11.7 Å². The van der Waals surface area contributed by atoms with Gasteiger partial charge in [0, 0.05) is 25.7 Å². The highest BCUT2D eigenvalue weighted by Gasteiger charge is 2.19. The van der Waals surface area contributed by atoms with Crippen molar-refractivity contribution in [3.8, 4) is 0 Å². The quantitative estimate of drug-likeness (QED) is 0.861. The summed E-state index contributed by atoms with van der Waals surface area (Å²) in [5.41, 5.74) is 1.85. The molecule has 4 heteroatoms. The summed E-state index contributed by atoms with van der Waals surface area (Å²) >= 11 is 0. The maximum atomic E-state index is 10.8. The Balaban J connectivity index is 1.50. The molecule has 4 nitrogen and oxygen atoms in total. The van der Waals surface area contributed by atoms with Gasteiger partial charge < -0.3 is 5.32 Å². The monoisotopic (exact) mass is 295 g/mol. The number of piperidine rings is 1. The van der Waals surface area contributed by atoms with E-state index in [2.05, 4.69) is 45.5 Å². The fourth-order valence-electron chi connectivity index (χ4n) is 2.88. The van der Waals surface area contributed by atoms with Crippen LogP contribution < -0.4 is 5.32 Å². The minimum atomic E-state index is 0.432. The van der Waals surface area contributed by atoms with Gasteiger partial charge in [-0.15, -0.1) is 0 Å². The van der Waals surface area contributed by atoms with E-state index in [4.69, 9.17) is 0 Å². The van der Waals surface area contributed by atoms with Crippen molar-refractivity contribution >= 4 is 12.1 Å². The predicted molar refractivity (Wildman–Crippen MR) is 88.0 cm³/mol. The molecule has 1 N–H and O–H groups in total. The first-order valence-corrected chi connectivity index (χ1v) is 7.78. The lowest BCUT2D eigenvalue weighted by molar-refractivity contribution is 0.111. The molecule has 22 heavy (non-hydrogen) atoms. The Morgan fingerprint density at radius 2 is 1.86 bits per heavy atom. The lowest BCUT2D eigenvalue weighted by atomic mass is 10.0. The van der Waals surface area contributed by atoms with E-state index < -0.39 is 0 Å². The van der Waals surface area contributed by atoms with Crippen LogP contribution in [0.2, 0.25) is 0 Å². The highest BCUT2D eigenvalue weighted by Crippen LogP contribution is 2.17. The van der Waals surface area contributed by atoms with E-state index in [1.807, 2.05) is 12.1 Å². The molecule has 0 radical (unpaired) electrons. The van der Waals surface area contributed by atoms with Gasteiger partial charge in [0.05, 0.1) is 0 Å². The summed E-state index contributed by atoms with van der Waals surface area (Å²) in [6.07, 6.45) is 2.98. The Bertz CT molecular complexity index is 607. The molecule has 0 bridgehead atoms. The van der Waals surface area contributed by atoms with E-state index in [1.165, 1.54) is 5.56 Å². The van der Waals surface area contributed by atoms with Gasteiger partial charge in [-0.1, -0.05) is 36.4 Å². The number of likely N-dealkylation sites (tertiary alicyclic amines) is 1. The van der Waals surface area contributed by atoms with Crippen molar-refractivity contribution in [3.05, 3.63) is 59.8 Å². The highest BCUT2D eigenvalue weighted by atomic mass is 16.1. The van der Waals surface area contributed by atoms with Gasteiger partial charge in [-0.2, -0.15) is 0 Å². The molecule has 0 saturated carbocycles. The van der Waals surface area contributed by atoms with Crippen LogP contribution in [0.3, 0.4) is 0 Å². The second-order valence-electron chi connectivity index (χ2n) is 5.75. The van der Waals surface area contributed by atoms with Gasteiger partial charge in [0.2, 0.25) is 0 Å². The van der Waals surface area contributed by atoms with Crippen molar-refractivity contribution in [3.63, 3.8) is 0 Å². The molecule has 0 spiro atoms. The van der Waals surface area contributed by atoms with E-state index in [1.54, 1.807) is 6.07 Å². The van der Waals surface area contributed by atoms with Gasteiger partial charge in [0.1, 0.15) is 11.5 Å². The fourth-order valence-corrected chi connectivity index (χ4v) is 2.88. The number of pyridine rings is 1. The van der Waals surface area contributed by atoms with E-state index in [9.17, 15) is 4.79 Å². The van der Waals surface area contributed by atoms with Crippen LogP contribution in [-0.4, -0.2) is 35.3 Å². The number of nitrogens with zero attached hydrogens (tertiary/aromatic N) is 2. The van der Waals surface area contributed by atoms with Crippen LogP contribution in [0.1, 0.15) is 28.9 Å². The zero-order valence-electron chi connectivity index (χ0n) is 12.6. The normalized spacial score (nSPS) is 16.4. The second-order valence-corrected chi connectivity index (χ2v) is 5.75. The van der Waals surface area contributed by atoms with E-state index >= 15 is 0 Å². The van der Waals surface area contributed by atoms with Gasteiger partial charge in [-0.05, 0) is 30.5 Å². The van der Waals surface area contributed by atoms with Gasteiger partial charge in [-0.3, -0.25) is 9.69 Å². The molecule has 1 aliphatic heterocycles. The number of rotatable bonds is 5. The zero-order chi connectivity index (χ0) is 15.2. The molecule has 1 aromatic carbocycles. The van der Waals surface area contributed by atoms with E-state index in [0.717, 1.165) is 44.6 Å². The molecule has 114 valence electrons. The Hall–Kier alpha value is -2.20. The van der Waals surface area contributed by atoms with Crippen molar-refractivity contribution in [2.45, 2.75) is 25.4 Å². The molecule has 1 saturated heterocycles. The van der Waals surface area contributed by atoms with Crippen molar-refractivity contribution in [2.75, 3.05) is 18.4 Å². The summed E-state index contributed by atoms with van der Waals surface area (Å²) < 4.78 is 0. The minimum Gasteiger partial charge on any atom is -0.367 e. The first kappa shape index (κ1) is 14.7. The van der Waals surface area contributed by atoms with Gasteiger partial charge in [-0.25, -0.2) is 4.98 Å². The van der Waals surface area contributed by atoms with Crippen molar-refractivity contribution in [2.24, 2.45) is 0 Å². The molecule has 0 amide bonds. The lowest BCUT2D eigenvalue weighted by Gasteiger charge is -2.32. The van der Waals surface area contributed by atoms with Crippen molar-refractivity contribution in [1.29, 1.82) is 0 Å². The third-order valence-electron chi connectivity index (χ3n) is 4.08. The summed E-state index contributed by atoms with van der Waals surface area (Å²) in [6, 6.07) is 16.5. The molecular formula is C18H21N3O. The smallest absolute Gasteiger partial charge is 0.168 e. The van der Waals surface area contributed by atoms with Crippen LogP contribution in [-0.2, 0) is 6.54 Å². The Labute approximate surface area is 131 Å². The summed E-state index contributed by atoms with van der Waals surface area (Å²) in [6.45, 7) is 3.19. The molecule has 0 atom stereocenters. The second kappa shape index (κ2) is 7.18. The number of aromatic nitrogens is 1. The largest absolute Gasteiger partial charge is 0.367 e. The summed E-state index contributed by atoms with van der Waals surface area (Å²) in [4.78, 5) is 17.5. The average Bonchev–Trinajstić information content (AvgIpc) is 2.58. The van der Waals surface area contributed by atoms with Crippen LogP contribution in [0, 0.1) is 0 Å². The minimum absolute atomic E-state index is 0.432. The van der Waals surface area contributed by atoms with E-state index in [-0.39, 0.29) is 0 Å². The molecule has 3 rings (SSSR count). The van der Waals surface area contributed by atoms with Crippen LogP contribution in [0.15, 0.2) is 48.5 Å². The number of nitrogens with one attached hydrogen (secondary N) is 1. The van der Waals surface area contributed by atoms with Crippen LogP contribution in [0.4, 0.5) is 5.82 Å². The van der Waals surface area contributed by atoms with Gasteiger partial charge >= 0.3 is 0 Å². The van der Waals surface area contributed by atoms with Crippen LogP contribution in [0.25, 0.3) is 0 Å². The summed E-state index contributed by atoms with van der Waals surface area (Å²) in [5, 5.41) is 3.44. The summed E-state index contributed by atoms with van der Waals surface area (Å²) in [5.74, 6) is 0.797. The summed E-state index contributed by atoms with van der Waals surface area (Å²) in [7, 11) is 0. The third kappa shape index (κ3) is 3.92. The van der Waals surface area contributed by atoms with Gasteiger partial charge in [0.25, 0.3) is 0 Å². The molecule has 0 unspecified atom stereocenters. The average molecular weight is 295 g/mol. The maximum Gasteiger partial charge on any atom is 0.168 e. The molecular weight excluding hydrogens is 274 g/mol. The SMILES string of the molecule is O=Cc1cccc(NC2CCN(Cc3ccccc3)CC2)n1. The number of aldehydes is 1. The first-order chi connectivity index (χ1) is 10.8. The number of anilines is 1. The number of hydrogen-bond acceptors (Lipinski definition) is 4.